The van der Waals surface area contributed by atoms with E-state index in [-0.39, 0.29) is 5.91 Å². The first-order chi connectivity index (χ1) is 7.81. The largest absolute Gasteiger partial charge is 0.383 e. The molecule has 0 aromatic carbocycles. The van der Waals surface area contributed by atoms with Crippen LogP contribution in [0.3, 0.4) is 0 Å². The van der Waals surface area contributed by atoms with Crippen molar-refractivity contribution in [1.82, 2.24) is 10.6 Å². The van der Waals surface area contributed by atoms with E-state index < -0.39 is 0 Å². The molecule has 2 saturated carbocycles. The average molecular weight is 226 g/mol. The first-order valence-electron chi connectivity index (χ1n) is 6.28. The van der Waals surface area contributed by atoms with Crippen LogP contribution in [0.2, 0.25) is 0 Å². The lowest BCUT2D eigenvalue weighted by molar-refractivity contribution is -0.125. The van der Waals surface area contributed by atoms with Gasteiger partial charge in [0.25, 0.3) is 0 Å². The van der Waals surface area contributed by atoms with E-state index in [1.165, 1.54) is 6.42 Å². The van der Waals surface area contributed by atoms with Gasteiger partial charge in [-0.05, 0) is 31.1 Å². The summed E-state index contributed by atoms with van der Waals surface area (Å²) < 4.78 is 4.92. The molecule has 0 heterocycles. The maximum Gasteiger partial charge on any atom is 0.223 e. The van der Waals surface area contributed by atoms with Gasteiger partial charge in [-0.1, -0.05) is 0 Å². The van der Waals surface area contributed by atoms with Crippen LogP contribution < -0.4 is 10.6 Å². The number of methoxy groups -OCH3 is 1. The van der Waals surface area contributed by atoms with Gasteiger partial charge in [0.05, 0.1) is 6.61 Å². The van der Waals surface area contributed by atoms with Crippen molar-refractivity contribution in [2.24, 2.45) is 17.8 Å². The smallest absolute Gasteiger partial charge is 0.223 e. The number of amides is 1. The van der Waals surface area contributed by atoms with Crippen molar-refractivity contribution in [1.29, 1.82) is 0 Å². The summed E-state index contributed by atoms with van der Waals surface area (Å²) in [7, 11) is 1.69. The minimum atomic E-state index is 0.265. The van der Waals surface area contributed by atoms with Crippen molar-refractivity contribution < 1.29 is 9.53 Å². The molecule has 2 fully saturated rings. The van der Waals surface area contributed by atoms with Crippen molar-refractivity contribution in [3.8, 4) is 0 Å². The summed E-state index contributed by atoms with van der Waals surface area (Å²) >= 11 is 0. The van der Waals surface area contributed by atoms with Gasteiger partial charge in [-0.15, -0.1) is 0 Å². The fourth-order valence-corrected chi connectivity index (χ4v) is 2.65. The zero-order valence-corrected chi connectivity index (χ0v) is 10.00. The van der Waals surface area contributed by atoms with E-state index in [1.54, 1.807) is 7.11 Å². The van der Waals surface area contributed by atoms with Crippen LogP contribution in [-0.2, 0) is 9.53 Å². The molecule has 16 heavy (non-hydrogen) atoms. The molecule has 2 unspecified atom stereocenters. The van der Waals surface area contributed by atoms with Crippen molar-refractivity contribution >= 4 is 5.91 Å². The van der Waals surface area contributed by atoms with E-state index in [1.807, 2.05) is 0 Å². The molecular formula is C12H22N2O2. The van der Waals surface area contributed by atoms with Gasteiger partial charge in [-0.25, -0.2) is 0 Å². The molecule has 92 valence electrons. The quantitative estimate of drug-likeness (QED) is 0.617. The normalized spacial score (nSPS) is 31.2. The molecule has 2 rings (SSSR count). The fourth-order valence-electron chi connectivity index (χ4n) is 2.65. The number of hydrogen-bond acceptors (Lipinski definition) is 3. The Labute approximate surface area is 97.1 Å². The predicted molar refractivity (Wildman–Crippen MR) is 62.1 cm³/mol. The van der Waals surface area contributed by atoms with Crippen LogP contribution in [-0.4, -0.2) is 39.3 Å². The zero-order chi connectivity index (χ0) is 11.4. The molecule has 2 aliphatic carbocycles. The Morgan fingerprint density at radius 2 is 1.94 bits per heavy atom. The summed E-state index contributed by atoms with van der Waals surface area (Å²) in [4.78, 5) is 11.7. The van der Waals surface area contributed by atoms with E-state index in [0.29, 0.717) is 5.92 Å². The van der Waals surface area contributed by atoms with E-state index in [2.05, 4.69) is 10.6 Å². The molecule has 2 atom stereocenters. The van der Waals surface area contributed by atoms with Gasteiger partial charge in [-0.3, -0.25) is 4.79 Å². The molecule has 4 heteroatoms. The number of carbonyl (C=O) groups is 1. The first-order valence-corrected chi connectivity index (χ1v) is 6.28. The Morgan fingerprint density at radius 1 is 1.19 bits per heavy atom. The Kier molecular flexibility index (Phi) is 4.18. The lowest BCUT2D eigenvalue weighted by Crippen LogP contribution is -2.36. The monoisotopic (exact) mass is 226 g/mol. The molecule has 0 aliphatic heterocycles. The summed E-state index contributed by atoms with van der Waals surface area (Å²) in [5.41, 5.74) is 0. The third kappa shape index (κ3) is 3.19. The summed E-state index contributed by atoms with van der Waals surface area (Å²) in [5, 5.41) is 6.21. The van der Waals surface area contributed by atoms with Gasteiger partial charge in [0.1, 0.15) is 0 Å². The van der Waals surface area contributed by atoms with Gasteiger partial charge in [0.15, 0.2) is 0 Å². The highest BCUT2D eigenvalue weighted by molar-refractivity contribution is 5.79. The number of ether oxygens (including phenoxy) is 1. The minimum Gasteiger partial charge on any atom is -0.383 e. The second-order valence-electron chi connectivity index (χ2n) is 4.96. The van der Waals surface area contributed by atoms with E-state index >= 15 is 0 Å². The van der Waals surface area contributed by atoms with Gasteiger partial charge in [0.2, 0.25) is 5.91 Å². The number of carbonyl (C=O) groups excluding carboxylic acids is 1. The van der Waals surface area contributed by atoms with Crippen molar-refractivity contribution in [3.05, 3.63) is 0 Å². The molecule has 0 saturated heterocycles. The molecule has 0 bridgehead atoms. The molecule has 0 aromatic heterocycles. The Hall–Kier alpha value is -0.610. The van der Waals surface area contributed by atoms with Crippen LogP contribution in [0.4, 0.5) is 0 Å². The number of fused-ring (bicyclic) bond motifs is 1. The number of rotatable bonds is 7. The van der Waals surface area contributed by atoms with Gasteiger partial charge in [0, 0.05) is 32.7 Å². The molecular weight excluding hydrogens is 204 g/mol. The molecule has 2 N–H and O–H groups in total. The lowest BCUT2D eigenvalue weighted by atomic mass is 10.0. The topological polar surface area (TPSA) is 50.4 Å². The Morgan fingerprint density at radius 3 is 2.62 bits per heavy atom. The Balaban J connectivity index is 1.48. The standard InChI is InChI=1S/C12H22N2O2/c1-16-5-4-13-2-3-14-12(15)11-7-9-6-10(9)8-11/h9-11,13H,2-8H2,1H3,(H,14,15). The van der Waals surface area contributed by atoms with Crippen molar-refractivity contribution in [2.45, 2.75) is 19.3 Å². The third-order valence-electron chi connectivity index (χ3n) is 3.70. The summed E-state index contributed by atoms with van der Waals surface area (Å²) in [6, 6.07) is 0. The third-order valence-corrected chi connectivity index (χ3v) is 3.70. The highest BCUT2D eigenvalue weighted by atomic mass is 16.5. The van der Waals surface area contributed by atoms with Gasteiger partial charge < -0.3 is 15.4 Å². The van der Waals surface area contributed by atoms with Crippen LogP contribution in [0.1, 0.15) is 19.3 Å². The van der Waals surface area contributed by atoms with Crippen LogP contribution >= 0.6 is 0 Å². The van der Waals surface area contributed by atoms with Crippen LogP contribution in [0, 0.1) is 17.8 Å². The maximum atomic E-state index is 11.7. The highest BCUT2D eigenvalue weighted by Crippen LogP contribution is 2.54. The molecule has 0 radical (unpaired) electrons. The second-order valence-corrected chi connectivity index (χ2v) is 4.96. The second kappa shape index (κ2) is 5.64. The minimum absolute atomic E-state index is 0.265. The zero-order valence-electron chi connectivity index (χ0n) is 10.00. The van der Waals surface area contributed by atoms with E-state index in [9.17, 15) is 4.79 Å². The van der Waals surface area contributed by atoms with E-state index in [0.717, 1.165) is 50.9 Å². The summed E-state index contributed by atoms with van der Waals surface area (Å²) in [6.07, 6.45) is 3.64. The number of nitrogens with one attached hydrogen (secondary N) is 2. The predicted octanol–water partition coefficient (Wildman–Crippen LogP) is 0.385. The molecule has 0 aromatic rings. The Bertz CT molecular complexity index is 235. The molecule has 4 nitrogen and oxygen atoms in total. The SMILES string of the molecule is COCCNCCNC(=O)C1CC2CC2C1. The molecule has 1 amide bonds. The first kappa shape index (κ1) is 11.9. The van der Waals surface area contributed by atoms with Gasteiger partial charge in [-0.2, -0.15) is 0 Å². The molecule has 0 spiro atoms. The molecule has 2 aliphatic rings. The number of hydrogen-bond donors (Lipinski definition) is 2. The average Bonchev–Trinajstić information content (AvgIpc) is 2.90. The van der Waals surface area contributed by atoms with Gasteiger partial charge >= 0.3 is 0 Å². The van der Waals surface area contributed by atoms with E-state index in [4.69, 9.17) is 4.74 Å². The lowest BCUT2D eigenvalue weighted by Gasteiger charge is -2.12. The maximum absolute atomic E-state index is 11.7. The van der Waals surface area contributed by atoms with Crippen molar-refractivity contribution in [3.63, 3.8) is 0 Å². The van der Waals surface area contributed by atoms with Crippen LogP contribution in [0.5, 0.6) is 0 Å². The van der Waals surface area contributed by atoms with Crippen LogP contribution in [0.25, 0.3) is 0 Å². The van der Waals surface area contributed by atoms with Crippen LogP contribution in [0.15, 0.2) is 0 Å². The van der Waals surface area contributed by atoms with Crippen molar-refractivity contribution in [2.75, 3.05) is 33.4 Å². The summed E-state index contributed by atoms with van der Waals surface area (Å²) in [6.45, 7) is 3.13. The fraction of sp³-hybridized carbons (Fsp3) is 0.917. The highest BCUT2D eigenvalue weighted by Gasteiger charge is 2.47. The summed E-state index contributed by atoms with van der Waals surface area (Å²) in [5.74, 6) is 2.34.